The maximum absolute atomic E-state index is 13.4. The second kappa shape index (κ2) is 8.46. The highest BCUT2D eigenvalue weighted by atomic mass is 35.5. The Hall–Kier alpha value is -2.28. The van der Waals surface area contributed by atoms with Gasteiger partial charge in [0, 0.05) is 29.3 Å². The predicted molar refractivity (Wildman–Crippen MR) is 118 cm³/mol. The Morgan fingerprint density at radius 3 is 2.50 bits per heavy atom. The van der Waals surface area contributed by atoms with Crippen LogP contribution in [-0.4, -0.2) is 43.6 Å². The molecule has 30 heavy (non-hydrogen) atoms. The van der Waals surface area contributed by atoms with E-state index >= 15 is 0 Å². The summed E-state index contributed by atoms with van der Waals surface area (Å²) in [5, 5.41) is 1.08. The van der Waals surface area contributed by atoms with Crippen LogP contribution in [0.4, 0.5) is 0 Å². The van der Waals surface area contributed by atoms with Crippen molar-refractivity contribution < 1.29 is 14.3 Å². The lowest BCUT2D eigenvalue weighted by Gasteiger charge is -2.28. The lowest BCUT2D eigenvalue weighted by Crippen LogP contribution is -2.40. The molecule has 2 aliphatic rings. The summed E-state index contributed by atoms with van der Waals surface area (Å²) in [6.45, 7) is 1.48. The first kappa shape index (κ1) is 21.0. The number of benzene rings is 2. The Balaban J connectivity index is 1.89. The minimum Gasteiger partial charge on any atom is -0.491 e. The first-order valence-electron chi connectivity index (χ1n) is 9.86. The second-order valence-electron chi connectivity index (χ2n) is 7.48. The molecule has 4 rings (SSSR count). The summed E-state index contributed by atoms with van der Waals surface area (Å²) >= 11 is 12.4. The molecule has 158 valence electrons. The number of nitrogens with two attached hydrogens (primary N) is 1. The van der Waals surface area contributed by atoms with Crippen LogP contribution < -0.4 is 10.5 Å². The van der Waals surface area contributed by atoms with Crippen LogP contribution in [0, 0.1) is 0 Å². The fraction of sp³-hybridized carbons (Fsp3) is 0.364. The summed E-state index contributed by atoms with van der Waals surface area (Å²) in [6.07, 6.45) is 2.10. The van der Waals surface area contributed by atoms with Crippen molar-refractivity contribution in [3.05, 3.63) is 52.0 Å². The maximum atomic E-state index is 13.4. The molecule has 1 spiro atoms. The van der Waals surface area contributed by atoms with E-state index < -0.39 is 5.54 Å². The Bertz CT molecular complexity index is 991. The van der Waals surface area contributed by atoms with Crippen molar-refractivity contribution in [3.63, 3.8) is 0 Å². The fourth-order valence-corrected chi connectivity index (χ4v) is 4.48. The third kappa shape index (κ3) is 3.87. The van der Waals surface area contributed by atoms with Gasteiger partial charge in [-0.2, -0.15) is 0 Å². The van der Waals surface area contributed by atoms with E-state index in [-0.39, 0.29) is 11.9 Å². The Labute approximate surface area is 185 Å². The van der Waals surface area contributed by atoms with Crippen LogP contribution in [0.15, 0.2) is 41.4 Å². The molecule has 2 aliphatic heterocycles. The summed E-state index contributed by atoms with van der Waals surface area (Å²) in [6, 6.07) is 11.1. The number of rotatable bonds is 1. The highest BCUT2D eigenvalue weighted by molar-refractivity contribution is 6.35. The second-order valence-corrected chi connectivity index (χ2v) is 8.35. The van der Waals surface area contributed by atoms with Gasteiger partial charge in [0.1, 0.15) is 12.4 Å². The van der Waals surface area contributed by atoms with Crippen molar-refractivity contribution in [1.29, 1.82) is 0 Å². The van der Waals surface area contributed by atoms with Crippen LogP contribution in [0.1, 0.15) is 24.8 Å². The molecule has 0 saturated carbocycles. The molecule has 0 fully saturated rings. The van der Waals surface area contributed by atoms with Crippen molar-refractivity contribution in [2.45, 2.75) is 24.8 Å². The number of guanidine groups is 1. The monoisotopic (exact) mass is 447 g/mol. The summed E-state index contributed by atoms with van der Waals surface area (Å²) in [5.74, 6) is 0.636. The molecule has 0 radical (unpaired) electrons. The van der Waals surface area contributed by atoms with Gasteiger partial charge in [0.05, 0.1) is 6.61 Å². The van der Waals surface area contributed by atoms with E-state index in [4.69, 9.17) is 38.4 Å². The van der Waals surface area contributed by atoms with Crippen LogP contribution in [0.25, 0.3) is 11.1 Å². The number of halogens is 2. The Morgan fingerprint density at radius 1 is 1.03 bits per heavy atom. The van der Waals surface area contributed by atoms with E-state index in [0.29, 0.717) is 47.6 Å². The lowest BCUT2D eigenvalue weighted by atomic mass is 9.83. The zero-order valence-corrected chi connectivity index (χ0v) is 18.2. The van der Waals surface area contributed by atoms with Gasteiger partial charge in [-0.05, 0) is 60.7 Å². The molecule has 8 heteroatoms. The van der Waals surface area contributed by atoms with Gasteiger partial charge < -0.3 is 15.2 Å². The summed E-state index contributed by atoms with van der Waals surface area (Å²) in [7, 11) is 1.64. The number of hydrogen-bond acceptors (Lipinski definition) is 5. The van der Waals surface area contributed by atoms with Crippen LogP contribution in [0.3, 0.4) is 0 Å². The molecule has 2 aromatic carbocycles. The smallest absolute Gasteiger partial charge is 0.261 e. The van der Waals surface area contributed by atoms with Gasteiger partial charge in [-0.15, -0.1) is 0 Å². The molecule has 2 aromatic rings. The lowest BCUT2D eigenvalue weighted by molar-refractivity contribution is -0.131. The van der Waals surface area contributed by atoms with Gasteiger partial charge in [-0.3, -0.25) is 9.69 Å². The number of fused-ring (bicyclic) bond motifs is 2. The van der Waals surface area contributed by atoms with Crippen LogP contribution in [-0.2, 0) is 15.1 Å². The van der Waals surface area contributed by atoms with Crippen molar-refractivity contribution in [3.8, 4) is 16.9 Å². The third-order valence-electron chi connectivity index (χ3n) is 5.49. The number of nitrogens with zero attached hydrogens (tertiary/aromatic N) is 2. The average molecular weight is 448 g/mol. The maximum Gasteiger partial charge on any atom is 0.261 e. The highest BCUT2D eigenvalue weighted by Gasteiger charge is 2.49. The van der Waals surface area contributed by atoms with E-state index in [2.05, 4.69) is 4.99 Å². The predicted octanol–water partition coefficient (Wildman–Crippen LogP) is 4.22. The molecule has 2 N–H and O–H groups in total. The molecule has 0 unspecified atom stereocenters. The highest BCUT2D eigenvalue weighted by Crippen LogP contribution is 2.44. The van der Waals surface area contributed by atoms with Crippen molar-refractivity contribution in [2.24, 2.45) is 10.7 Å². The first-order valence-corrected chi connectivity index (χ1v) is 10.6. The van der Waals surface area contributed by atoms with Gasteiger partial charge in [0.25, 0.3) is 5.91 Å². The third-order valence-corrected chi connectivity index (χ3v) is 5.93. The number of aliphatic imine (C=N–C) groups is 1. The molecule has 0 saturated heterocycles. The van der Waals surface area contributed by atoms with E-state index in [0.717, 1.165) is 24.0 Å². The Kier molecular flexibility index (Phi) is 5.91. The number of carbonyl (C=O) groups excluding carboxylic acids is 1. The molecule has 0 aliphatic carbocycles. The van der Waals surface area contributed by atoms with Crippen molar-refractivity contribution >= 4 is 35.1 Å². The molecular formula is C22H23Cl2N3O3. The molecule has 0 aromatic heterocycles. The fourth-order valence-electron chi connectivity index (χ4n) is 3.95. The molecule has 1 atom stereocenters. The van der Waals surface area contributed by atoms with Crippen LogP contribution >= 0.6 is 23.2 Å². The minimum atomic E-state index is -1.13. The molecule has 6 nitrogen and oxygen atoms in total. The number of hydrogen-bond donors (Lipinski definition) is 1. The van der Waals surface area contributed by atoms with Crippen LogP contribution in [0.5, 0.6) is 5.75 Å². The molecular weight excluding hydrogens is 425 g/mol. The van der Waals surface area contributed by atoms with E-state index in [9.17, 15) is 4.79 Å². The summed E-state index contributed by atoms with van der Waals surface area (Å²) in [4.78, 5) is 19.4. The minimum absolute atomic E-state index is 0.161. The summed E-state index contributed by atoms with van der Waals surface area (Å²) in [5.41, 5.74) is 7.34. The molecule has 0 bridgehead atoms. The first-order chi connectivity index (χ1) is 14.4. The number of amides is 1. The van der Waals surface area contributed by atoms with Gasteiger partial charge in [0.15, 0.2) is 11.5 Å². The average Bonchev–Trinajstić information content (AvgIpc) is 2.91. The number of carbonyl (C=O) groups is 1. The van der Waals surface area contributed by atoms with Gasteiger partial charge in [-0.25, -0.2) is 4.99 Å². The zero-order chi connectivity index (χ0) is 21.3. The van der Waals surface area contributed by atoms with E-state index in [1.807, 2.05) is 30.3 Å². The Morgan fingerprint density at radius 2 is 1.80 bits per heavy atom. The van der Waals surface area contributed by atoms with Crippen LogP contribution in [0.2, 0.25) is 10.0 Å². The normalized spacial score (nSPS) is 22.3. The van der Waals surface area contributed by atoms with Gasteiger partial charge in [0.2, 0.25) is 0 Å². The number of likely N-dealkylation sites (N-methyl/N-ethyl adjacent to an activating group) is 1. The van der Waals surface area contributed by atoms with Gasteiger partial charge in [-0.1, -0.05) is 29.3 Å². The van der Waals surface area contributed by atoms with E-state index in [1.54, 1.807) is 13.1 Å². The quantitative estimate of drug-likeness (QED) is 0.709. The standard InChI is InChI=1S/C22H23Cl2N3O3/c1-27-20(28)22(26-21(27)25)6-2-3-7-29-8-9-30-19-5-4-14(12-18(19)22)15-10-16(23)13-17(24)11-15/h4-5,10-13H,2-3,6-9H2,1H3,(H2,25,26)/t22-/m0/s1. The van der Waals surface area contributed by atoms with Crippen molar-refractivity contribution in [1.82, 2.24) is 4.90 Å². The molecule has 1 amide bonds. The largest absolute Gasteiger partial charge is 0.491 e. The SMILES string of the molecule is CN1C(=O)[C@@]2(CCCCOCCOc3ccc(-c4cc(Cl)cc(Cl)c4)cc32)N=C1N. The number of ether oxygens (including phenoxy) is 2. The zero-order valence-electron chi connectivity index (χ0n) is 16.7. The molecule has 2 heterocycles. The van der Waals surface area contributed by atoms with E-state index in [1.165, 1.54) is 4.90 Å². The summed E-state index contributed by atoms with van der Waals surface area (Å²) < 4.78 is 11.6. The van der Waals surface area contributed by atoms with Crippen molar-refractivity contribution in [2.75, 3.05) is 26.9 Å². The van der Waals surface area contributed by atoms with Gasteiger partial charge >= 0.3 is 0 Å². The topological polar surface area (TPSA) is 77.2 Å².